The summed E-state index contributed by atoms with van der Waals surface area (Å²) in [6, 6.07) is 15.4. The number of aromatic nitrogens is 3. The fourth-order valence-electron chi connectivity index (χ4n) is 2.04. The van der Waals surface area contributed by atoms with Gasteiger partial charge >= 0.3 is 0 Å². The maximum atomic E-state index is 5.69. The third kappa shape index (κ3) is 1.65. The van der Waals surface area contributed by atoms with Gasteiger partial charge in [0.25, 0.3) is 0 Å². The monoisotopic (exact) mass is 247 g/mol. The van der Waals surface area contributed by atoms with Crippen molar-refractivity contribution in [1.82, 2.24) is 15.0 Å². The van der Waals surface area contributed by atoms with Crippen LogP contribution in [-0.2, 0) is 0 Å². The minimum absolute atomic E-state index is 0.499. The summed E-state index contributed by atoms with van der Waals surface area (Å²) in [6.07, 6.45) is 1.69. The normalized spacial score (nSPS) is 11.2. The van der Waals surface area contributed by atoms with Crippen LogP contribution in [0.4, 0.5) is 0 Å². The van der Waals surface area contributed by atoms with Gasteiger partial charge in [0.2, 0.25) is 5.89 Å². The first kappa shape index (κ1) is 10.2. The summed E-state index contributed by atoms with van der Waals surface area (Å²) in [6.45, 7) is 0. The number of nitrogens with zero attached hydrogens (tertiary/aromatic N) is 3. The highest BCUT2D eigenvalue weighted by Gasteiger charge is 2.10. The zero-order chi connectivity index (χ0) is 12.7. The SMILES string of the molecule is c1ccc2nc(-c3nc4ccccc4o3)cnc2c1. The lowest BCUT2D eigenvalue weighted by molar-refractivity contribution is 0.617. The molecule has 2 heterocycles. The van der Waals surface area contributed by atoms with Gasteiger partial charge in [-0.05, 0) is 24.3 Å². The molecule has 4 rings (SSSR count). The molecule has 0 radical (unpaired) electrons. The average molecular weight is 247 g/mol. The maximum absolute atomic E-state index is 5.69. The zero-order valence-electron chi connectivity index (χ0n) is 9.95. The smallest absolute Gasteiger partial charge is 0.247 e. The third-order valence-electron chi connectivity index (χ3n) is 2.96. The largest absolute Gasteiger partial charge is 0.435 e. The Hall–Kier alpha value is -2.75. The lowest BCUT2D eigenvalue weighted by Crippen LogP contribution is -1.88. The predicted molar refractivity (Wildman–Crippen MR) is 72.5 cm³/mol. The Bertz CT molecular complexity index is 849. The Balaban J connectivity index is 1.93. The molecule has 0 spiro atoms. The molecule has 0 bridgehead atoms. The van der Waals surface area contributed by atoms with Crippen LogP contribution >= 0.6 is 0 Å². The van der Waals surface area contributed by atoms with Crippen LogP contribution in [0.3, 0.4) is 0 Å². The van der Waals surface area contributed by atoms with Crippen LogP contribution in [-0.4, -0.2) is 15.0 Å². The molecule has 0 unspecified atom stereocenters. The zero-order valence-corrected chi connectivity index (χ0v) is 9.95. The van der Waals surface area contributed by atoms with Gasteiger partial charge in [0.1, 0.15) is 11.2 Å². The van der Waals surface area contributed by atoms with Crippen molar-refractivity contribution in [3.8, 4) is 11.6 Å². The summed E-state index contributed by atoms with van der Waals surface area (Å²) in [4.78, 5) is 13.3. The van der Waals surface area contributed by atoms with Crippen molar-refractivity contribution in [2.75, 3.05) is 0 Å². The van der Waals surface area contributed by atoms with Crippen LogP contribution in [0.5, 0.6) is 0 Å². The minimum Gasteiger partial charge on any atom is -0.435 e. The fraction of sp³-hybridized carbons (Fsp3) is 0. The van der Waals surface area contributed by atoms with E-state index in [-0.39, 0.29) is 0 Å². The van der Waals surface area contributed by atoms with Gasteiger partial charge in [-0.15, -0.1) is 0 Å². The number of oxazole rings is 1. The Labute approximate surface area is 108 Å². The van der Waals surface area contributed by atoms with Crippen LogP contribution in [0.2, 0.25) is 0 Å². The highest BCUT2D eigenvalue weighted by atomic mass is 16.3. The Morgan fingerprint density at radius 1 is 0.737 bits per heavy atom. The highest BCUT2D eigenvalue weighted by molar-refractivity contribution is 5.78. The van der Waals surface area contributed by atoms with E-state index in [4.69, 9.17) is 4.42 Å². The minimum atomic E-state index is 0.499. The van der Waals surface area contributed by atoms with Crippen molar-refractivity contribution in [3.05, 3.63) is 54.7 Å². The van der Waals surface area contributed by atoms with Gasteiger partial charge in [0.15, 0.2) is 5.58 Å². The van der Waals surface area contributed by atoms with Gasteiger partial charge in [0, 0.05) is 0 Å². The molecule has 2 aromatic heterocycles. The van der Waals surface area contributed by atoms with E-state index in [0.717, 1.165) is 22.1 Å². The maximum Gasteiger partial charge on any atom is 0.247 e. The lowest BCUT2D eigenvalue weighted by atomic mass is 10.3. The van der Waals surface area contributed by atoms with Crippen molar-refractivity contribution in [2.24, 2.45) is 0 Å². The van der Waals surface area contributed by atoms with E-state index >= 15 is 0 Å². The molecule has 4 nitrogen and oxygen atoms in total. The number of hydrogen-bond donors (Lipinski definition) is 0. The highest BCUT2D eigenvalue weighted by Crippen LogP contribution is 2.23. The molecule has 0 fully saturated rings. The van der Waals surface area contributed by atoms with Crippen molar-refractivity contribution in [3.63, 3.8) is 0 Å². The topological polar surface area (TPSA) is 51.8 Å². The van der Waals surface area contributed by atoms with E-state index in [1.165, 1.54) is 0 Å². The molecule has 19 heavy (non-hydrogen) atoms. The molecule has 0 saturated heterocycles. The molecule has 0 aliphatic rings. The number of hydrogen-bond acceptors (Lipinski definition) is 4. The molecular formula is C15H9N3O. The van der Waals surface area contributed by atoms with Crippen molar-refractivity contribution >= 4 is 22.1 Å². The van der Waals surface area contributed by atoms with Gasteiger partial charge in [0.05, 0.1) is 17.2 Å². The van der Waals surface area contributed by atoms with Crippen LogP contribution in [0, 0.1) is 0 Å². The molecule has 90 valence electrons. The van der Waals surface area contributed by atoms with E-state index in [1.54, 1.807) is 6.20 Å². The van der Waals surface area contributed by atoms with E-state index in [9.17, 15) is 0 Å². The number of para-hydroxylation sites is 4. The molecule has 0 aliphatic carbocycles. The van der Waals surface area contributed by atoms with E-state index in [0.29, 0.717) is 11.6 Å². The molecule has 4 aromatic rings. The van der Waals surface area contributed by atoms with Crippen molar-refractivity contribution < 1.29 is 4.42 Å². The van der Waals surface area contributed by atoms with E-state index in [2.05, 4.69) is 15.0 Å². The molecule has 0 N–H and O–H groups in total. The summed E-state index contributed by atoms with van der Waals surface area (Å²) in [5.74, 6) is 0.499. The van der Waals surface area contributed by atoms with Gasteiger partial charge in [-0.3, -0.25) is 4.98 Å². The van der Waals surface area contributed by atoms with Crippen molar-refractivity contribution in [2.45, 2.75) is 0 Å². The van der Waals surface area contributed by atoms with Crippen molar-refractivity contribution in [1.29, 1.82) is 0 Å². The summed E-state index contributed by atoms with van der Waals surface area (Å²) >= 11 is 0. The predicted octanol–water partition coefficient (Wildman–Crippen LogP) is 3.44. The number of benzene rings is 2. The summed E-state index contributed by atoms with van der Waals surface area (Å²) in [5, 5.41) is 0. The lowest BCUT2D eigenvalue weighted by Gasteiger charge is -1.97. The van der Waals surface area contributed by atoms with Crippen LogP contribution in [0.1, 0.15) is 0 Å². The van der Waals surface area contributed by atoms with Gasteiger partial charge in [-0.25, -0.2) is 9.97 Å². The molecule has 2 aromatic carbocycles. The van der Waals surface area contributed by atoms with Crippen LogP contribution < -0.4 is 0 Å². The van der Waals surface area contributed by atoms with Crippen LogP contribution in [0.15, 0.2) is 59.1 Å². The second-order valence-electron chi connectivity index (χ2n) is 4.23. The summed E-state index contributed by atoms with van der Waals surface area (Å²) in [7, 11) is 0. The van der Waals surface area contributed by atoms with E-state index < -0.39 is 0 Å². The molecule has 4 heteroatoms. The Kier molecular flexibility index (Phi) is 2.08. The second kappa shape index (κ2) is 3.88. The molecule has 0 aliphatic heterocycles. The second-order valence-corrected chi connectivity index (χ2v) is 4.23. The Morgan fingerprint density at radius 2 is 1.47 bits per heavy atom. The first-order chi connectivity index (χ1) is 9.40. The summed E-state index contributed by atoms with van der Waals surface area (Å²) < 4.78 is 5.69. The fourth-order valence-corrected chi connectivity index (χ4v) is 2.04. The molecule has 0 saturated carbocycles. The van der Waals surface area contributed by atoms with Crippen LogP contribution in [0.25, 0.3) is 33.7 Å². The standard InChI is InChI=1S/C15H9N3O/c1-2-6-11-10(5-1)16-9-13(17-11)15-18-12-7-3-4-8-14(12)19-15/h1-9H. The first-order valence-electron chi connectivity index (χ1n) is 5.98. The molecular weight excluding hydrogens is 238 g/mol. The van der Waals surface area contributed by atoms with E-state index in [1.807, 2.05) is 48.5 Å². The first-order valence-corrected chi connectivity index (χ1v) is 5.98. The molecule has 0 amide bonds. The van der Waals surface area contributed by atoms with Gasteiger partial charge in [-0.2, -0.15) is 0 Å². The molecule has 0 atom stereocenters. The average Bonchev–Trinajstić information content (AvgIpc) is 2.90. The summed E-state index contributed by atoms with van der Waals surface area (Å²) in [5.41, 5.74) is 3.93. The quantitative estimate of drug-likeness (QED) is 0.517. The Morgan fingerprint density at radius 3 is 2.32 bits per heavy atom. The van der Waals surface area contributed by atoms with Gasteiger partial charge in [-0.1, -0.05) is 24.3 Å². The third-order valence-corrected chi connectivity index (χ3v) is 2.96. The number of rotatable bonds is 1. The van der Waals surface area contributed by atoms with Gasteiger partial charge < -0.3 is 4.42 Å². The number of fused-ring (bicyclic) bond motifs is 2.